The van der Waals surface area contributed by atoms with Gasteiger partial charge in [-0.05, 0) is 54.8 Å². The average molecular weight is 416 g/mol. The largest absolute Gasteiger partial charge is 0.355 e. The first-order valence-electron chi connectivity index (χ1n) is 9.61. The molecular weight excluding hydrogens is 390 g/mol. The van der Waals surface area contributed by atoms with Crippen molar-refractivity contribution in [2.75, 3.05) is 25.5 Å². The van der Waals surface area contributed by atoms with Crippen molar-refractivity contribution >= 4 is 27.5 Å². The van der Waals surface area contributed by atoms with E-state index < -0.39 is 10.0 Å². The van der Waals surface area contributed by atoms with Crippen LogP contribution in [0.5, 0.6) is 0 Å². The minimum absolute atomic E-state index is 0.126. The highest BCUT2D eigenvalue weighted by molar-refractivity contribution is 7.89. The second kappa shape index (κ2) is 9.19. The molecule has 0 radical (unpaired) electrons. The molecule has 0 aliphatic carbocycles. The third-order valence-corrected chi connectivity index (χ3v) is 6.81. The van der Waals surface area contributed by atoms with Crippen molar-refractivity contribution in [3.8, 4) is 0 Å². The Bertz CT molecular complexity index is 964. The molecule has 0 bridgehead atoms. The molecule has 154 valence electrons. The number of anilines is 1. The quantitative estimate of drug-likeness (QED) is 0.757. The molecule has 7 nitrogen and oxygen atoms in total. The molecule has 0 unspecified atom stereocenters. The molecule has 0 atom stereocenters. The molecule has 3 rings (SSSR count). The fourth-order valence-corrected chi connectivity index (χ4v) is 4.79. The standard InChI is InChI=1S/C21H25N3O4S/c1-22-21(26)17-7-9-18(10-8-17)23-20(25)15-16-5-11-19(12-6-16)29(27,28)24-13-3-2-4-14-24/h5-12H,2-4,13-15H2,1H3,(H,22,26)(H,23,25). The number of carbonyl (C=O) groups is 2. The molecule has 1 saturated heterocycles. The van der Waals surface area contributed by atoms with Gasteiger partial charge < -0.3 is 10.6 Å². The van der Waals surface area contributed by atoms with Gasteiger partial charge in [-0.25, -0.2) is 8.42 Å². The molecule has 1 heterocycles. The van der Waals surface area contributed by atoms with E-state index in [2.05, 4.69) is 10.6 Å². The van der Waals surface area contributed by atoms with Gasteiger partial charge in [-0.1, -0.05) is 18.6 Å². The van der Waals surface area contributed by atoms with Crippen molar-refractivity contribution in [3.63, 3.8) is 0 Å². The Morgan fingerprint density at radius 1 is 0.931 bits per heavy atom. The molecule has 8 heteroatoms. The van der Waals surface area contributed by atoms with Gasteiger partial charge >= 0.3 is 0 Å². The normalized spacial score (nSPS) is 14.9. The van der Waals surface area contributed by atoms with Crippen molar-refractivity contribution in [1.29, 1.82) is 0 Å². The van der Waals surface area contributed by atoms with E-state index >= 15 is 0 Å². The van der Waals surface area contributed by atoms with Gasteiger partial charge in [0, 0.05) is 31.4 Å². The number of piperidine rings is 1. The van der Waals surface area contributed by atoms with Crippen LogP contribution in [0.2, 0.25) is 0 Å². The monoisotopic (exact) mass is 415 g/mol. The molecule has 0 spiro atoms. The van der Waals surface area contributed by atoms with E-state index in [9.17, 15) is 18.0 Å². The van der Waals surface area contributed by atoms with Crippen molar-refractivity contribution in [1.82, 2.24) is 9.62 Å². The number of carbonyl (C=O) groups excluding carboxylic acids is 2. The SMILES string of the molecule is CNC(=O)c1ccc(NC(=O)Cc2ccc(S(=O)(=O)N3CCCCC3)cc2)cc1. The first-order valence-corrected chi connectivity index (χ1v) is 11.1. The predicted octanol–water partition coefficient (Wildman–Crippen LogP) is 2.40. The number of hydrogen-bond donors (Lipinski definition) is 2. The summed E-state index contributed by atoms with van der Waals surface area (Å²) in [7, 11) is -1.91. The minimum atomic E-state index is -3.47. The zero-order valence-electron chi connectivity index (χ0n) is 16.3. The van der Waals surface area contributed by atoms with E-state index in [0.717, 1.165) is 24.8 Å². The molecule has 2 N–H and O–H groups in total. The van der Waals surface area contributed by atoms with Crippen LogP contribution >= 0.6 is 0 Å². The van der Waals surface area contributed by atoms with E-state index in [1.54, 1.807) is 55.6 Å². The molecule has 2 aromatic rings. The molecule has 29 heavy (non-hydrogen) atoms. The second-order valence-corrected chi connectivity index (χ2v) is 8.93. The zero-order chi connectivity index (χ0) is 20.9. The summed E-state index contributed by atoms with van der Waals surface area (Å²) in [5, 5.41) is 5.31. The molecule has 1 fully saturated rings. The fourth-order valence-electron chi connectivity index (χ4n) is 3.27. The van der Waals surface area contributed by atoms with Gasteiger partial charge in [0.1, 0.15) is 0 Å². The Balaban J connectivity index is 1.60. The highest BCUT2D eigenvalue weighted by atomic mass is 32.2. The predicted molar refractivity (Wildman–Crippen MR) is 111 cm³/mol. The van der Waals surface area contributed by atoms with Crippen LogP contribution < -0.4 is 10.6 Å². The number of hydrogen-bond acceptors (Lipinski definition) is 4. The Kier molecular flexibility index (Phi) is 6.66. The summed E-state index contributed by atoms with van der Waals surface area (Å²) >= 11 is 0. The lowest BCUT2D eigenvalue weighted by molar-refractivity contribution is -0.115. The number of nitrogens with zero attached hydrogens (tertiary/aromatic N) is 1. The minimum Gasteiger partial charge on any atom is -0.355 e. The van der Waals surface area contributed by atoms with E-state index in [-0.39, 0.29) is 23.1 Å². The van der Waals surface area contributed by atoms with Crippen molar-refractivity contribution in [3.05, 3.63) is 59.7 Å². The highest BCUT2D eigenvalue weighted by Crippen LogP contribution is 2.21. The van der Waals surface area contributed by atoms with Gasteiger partial charge in [-0.2, -0.15) is 4.31 Å². The van der Waals surface area contributed by atoms with Crippen molar-refractivity contribution in [2.24, 2.45) is 0 Å². The van der Waals surface area contributed by atoms with Gasteiger partial charge in [0.25, 0.3) is 5.91 Å². The Morgan fingerprint density at radius 3 is 2.14 bits per heavy atom. The zero-order valence-corrected chi connectivity index (χ0v) is 17.2. The molecular formula is C21H25N3O4S. The van der Waals surface area contributed by atoms with Crippen LogP contribution in [0.1, 0.15) is 35.2 Å². The van der Waals surface area contributed by atoms with Gasteiger partial charge in [0.05, 0.1) is 11.3 Å². The molecule has 0 saturated carbocycles. The smallest absolute Gasteiger partial charge is 0.251 e. The van der Waals surface area contributed by atoms with Crippen LogP contribution in [-0.4, -0.2) is 44.7 Å². The fraction of sp³-hybridized carbons (Fsp3) is 0.333. The van der Waals surface area contributed by atoms with E-state index in [0.29, 0.717) is 24.3 Å². The summed E-state index contributed by atoms with van der Waals surface area (Å²) in [6, 6.07) is 13.1. The van der Waals surface area contributed by atoms with Gasteiger partial charge in [0.2, 0.25) is 15.9 Å². The highest BCUT2D eigenvalue weighted by Gasteiger charge is 2.25. The van der Waals surface area contributed by atoms with Crippen LogP contribution in [0.25, 0.3) is 0 Å². The number of amides is 2. The summed E-state index contributed by atoms with van der Waals surface area (Å²) in [5.74, 6) is -0.410. The molecule has 1 aliphatic heterocycles. The van der Waals surface area contributed by atoms with E-state index in [1.807, 2.05) is 0 Å². The summed E-state index contributed by atoms with van der Waals surface area (Å²) in [6.45, 7) is 1.12. The lowest BCUT2D eigenvalue weighted by Gasteiger charge is -2.25. The Morgan fingerprint density at radius 2 is 1.55 bits per heavy atom. The first-order chi connectivity index (χ1) is 13.9. The number of benzene rings is 2. The maximum absolute atomic E-state index is 12.7. The lowest BCUT2D eigenvalue weighted by atomic mass is 10.1. The number of rotatable bonds is 6. The topological polar surface area (TPSA) is 95.6 Å². The van der Waals surface area contributed by atoms with Crippen LogP contribution in [0.15, 0.2) is 53.4 Å². The lowest BCUT2D eigenvalue weighted by Crippen LogP contribution is -2.35. The number of sulfonamides is 1. The van der Waals surface area contributed by atoms with E-state index in [4.69, 9.17) is 0 Å². The van der Waals surface area contributed by atoms with Crippen LogP contribution in [-0.2, 0) is 21.2 Å². The average Bonchev–Trinajstić information content (AvgIpc) is 2.74. The van der Waals surface area contributed by atoms with Crippen LogP contribution in [0, 0.1) is 0 Å². The Hall–Kier alpha value is -2.71. The van der Waals surface area contributed by atoms with Crippen LogP contribution in [0.3, 0.4) is 0 Å². The molecule has 1 aliphatic rings. The maximum atomic E-state index is 12.7. The first kappa shape index (κ1) is 21.0. The molecule has 2 aromatic carbocycles. The van der Waals surface area contributed by atoms with Crippen molar-refractivity contribution in [2.45, 2.75) is 30.6 Å². The second-order valence-electron chi connectivity index (χ2n) is 6.99. The third-order valence-electron chi connectivity index (χ3n) is 4.90. The van der Waals surface area contributed by atoms with Crippen molar-refractivity contribution < 1.29 is 18.0 Å². The van der Waals surface area contributed by atoms with Gasteiger partial charge in [0.15, 0.2) is 0 Å². The molecule has 0 aromatic heterocycles. The third kappa shape index (κ3) is 5.21. The number of nitrogens with one attached hydrogen (secondary N) is 2. The summed E-state index contributed by atoms with van der Waals surface area (Å²) in [5.41, 5.74) is 1.82. The van der Waals surface area contributed by atoms with Gasteiger partial charge in [-0.15, -0.1) is 0 Å². The van der Waals surface area contributed by atoms with E-state index in [1.165, 1.54) is 4.31 Å². The summed E-state index contributed by atoms with van der Waals surface area (Å²) < 4.78 is 26.9. The molecule has 2 amide bonds. The van der Waals surface area contributed by atoms with Crippen LogP contribution in [0.4, 0.5) is 5.69 Å². The Labute approximate surface area is 171 Å². The summed E-state index contributed by atoms with van der Waals surface area (Å²) in [6.07, 6.45) is 2.97. The van der Waals surface area contributed by atoms with Gasteiger partial charge in [-0.3, -0.25) is 9.59 Å². The maximum Gasteiger partial charge on any atom is 0.251 e. The summed E-state index contributed by atoms with van der Waals surface area (Å²) in [4.78, 5) is 24.1.